The lowest BCUT2D eigenvalue weighted by Gasteiger charge is -2.08. The van der Waals surface area contributed by atoms with Crippen LogP contribution >= 0.6 is 11.3 Å². The zero-order chi connectivity index (χ0) is 15.9. The van der Waals surface area contributed by atoms with Gasteiger partial charge in [-0.05, 0) is 49.1 Å². The average molecular weight is 334 g/mol. The van der Waals surface area contributed by atoms with E-state index >= 15 is 0 Å². The molecule has 118 valence electrons. The van der Waals surface area contributed by atoms with Crippen molar-refractivity contribution in [2.24, 2.45) is 0 Å². The molecule has 0 saturated carbocycles. The lowest BCUT2D eigenvalue weighted by molar-refractivity contribution is 0.468. The molecular formula is C18H14N4OS. The van der Waals surface area contributed by atoms with Crippen LogP contribution in [0.4, 0.5) is 0 Å². The molecule has 0 bridgehead atoms. The third-order valence-electron chi connectivity index (χ3n) is 4.32. The summed E-state index contributed by atoms with van der Waals surface area (Å²) in [5.74, 6) is 1.44. The first-order valence-corrected chi connectivity index (χ1v) is 8.71. The summed E-state index contributed by atoms with van der Waals surface area (Å²) < 4.78 is 8.04. The Bertz CT molecular complexity index is 1010. The Hall–Kier alpha value is -2.73. The van der Waals surface area contributed by atoms with Crippen LogP contribution in [0, 0.1) is 0 Å². The molecule has 6 heteroatoms. The molecule has 0 spiro atoms. The van der Waals surface area contributed by atoms with E-state index in [1.54, 1.807) is 30.2 Å². The molecule has 24 heavy (non-hydrogen) atoms. The van der Waals surface area contributed by atoms with Crippen molar-refractivity contribution >= 4 is 21.6 Å². The third-order valence-corrected chi connectivity index (χ3v) is 5.52. The van der Waals surface area contributed by atoms with Gasteiger partial charge in [-0.3, -0.25) is 0 Å². The Morgan fingerprint density at radius 2 is 2.00 bits per heavy atom. The number of imidazole rings is 1. The van der Waals surface area contributed by atoms with Gasteiger partial charge in [-0.25, -0.2) is 15.0 Å². The topological polar surface area (TPSA) is 52.8 Å². The van der Waals surface area contributed by atoms with Gasteiger partial charge >= 0.3 is 0 Å². The van der Waals surface area contributed by atoms with Gasteiger partial charge in [0.05, 0.1) is 11.7 Å². The van der Waals surface area contributed by atoms with E-state index in [1.165, 1.54) is 16.9 Å². The Morgan fingerprint density at radius 3 is 2.83 bits per heavy atom. The van der Waals surface area contributed by atoms with Crippen molar-refractivity contribution in [3.05, 3.63) is 59.8 Å². The van der Waals surface area contributed by atoms with E-state index in [9.17, 15) is 0 Å². The van der Waals surface area contributed by atoms with Gasteiger partial charge in [0.2, 0.25) is 5.88 Å². The first-order valence-electron chi connectivity index (χ1n) is 7.90. The maximum absolute atomic E-state index is 6.08. The fraction of sp³-hybridized carbons (Fsp3) is 0.167. The van der Waals surface area contributed by atoms with Crippen molar-refractivity contribution < 1.29 is 4.74 Å². The summed E-state index contributed by atoms with van der Waals surface area (Å²) in [5.41, 5.74) is 2.42. The highest BCUT2D eigenvalue weighted by Gasteiger charge is 2.22. The first-order chi connectivity index (χ1) is 11.9. The maximum atomic E-state index is 6.08. The molecule has 0 unspecified atom stereocenters. The second-order valence-corrected chi connectivity index (χ2v) is 6.87. The largest absolute Gasteiger partial charge is 0.438 e. The van der Waals surface area contributed by atoms with Gasteiger partial charge in [-0.1, -0.05) is 0 Å². The Labute approximate surface area is 142 Å². The number of aromatic nitrogens is 4. The summed E-state index contributed by atoms with van der Waals surface area (Å²) in [6.45, 7) is 0. The number of rotatable bonds is 3. The average Bonchev–Trinajstić information content (AvgIpc) is 3.32. The molecule has 0 saturated heterocycles. The van der Waals surface area contributed by atoms with Crippen LogP contribution in [0.1, 0.15) is 16.9 Å². The molecular weight excluding hydrogens is 320 g/mol. The van der Waals surface area contributed by atoms with E-state index in [2.05, 4.69) is 15.0 Å². The molecule has 0 aliphatic heterocycles. The Balaban J connectivity index is 1.51. The monoisotopic (exact) mass is 334 g/mol. The van der Waals surface area contributed by atoms with Crippen LogP contribution < -0.4 is 4.74 Å². The van der Waals surface area contributed by atoms with Gasteiger partial charge in [0.15, 0.2) is 0 Å². The molecule has 4 aromatic rings. The molecule has 5 rings (SSSR count). The fourth-order valence-corrected chi connectivity index (χ4v) is 4.41. The SMILES string of the molecule is c1cn(-c2ccc(Oc3ncnc4sc5c(c34)CCC5)cc2)cn1. The van der Waals surface area contributed by atoms with E-state index in [0.29, 0.717) is 5.88 Å². The van der Waals surface area contributed by atoms with Crippen LogP contribution in [-0.2, 0) is 12.8 Å². The number of fused-ring (bicyclic) bond motifs is 3. The van der Waals surface area contributed by atoms with Gasteiger partial charge in [0.25, 0.3) is 0 Å². The number of nitrogens with zero attached hydrogens (tertiary/aromatic N) is 4. The standard InChI is InChI=1S/C18H14N4OS/c1-2-14-15(3-1)24-18-16(14)17(20-10-21-18)23-13-6-4-12(5-7-13)22-9-8-19-11-22/h4-11H,1-3H2. The Kier molecular flexibility index (Phi) is 3.09. The molecule has 1 aliphatic rings. The number of thiophene rings is 1. The highest BCUT2D eigenvalue weighted by Crippen LogP contribution is 2.40. The van der Waals surface area contributed by atoms with E-state index < -0.39 is 0 Å². The number of aryl methyl sites for hydroxylation is 2. The summed E-state index contributed by atoms with van der Waals surface area (Å²) in [6, 6.07) is 7.92. The summed E-state index contributed by atoms with van der Waals surface area (Å²) >= 11 is 1.77. The zero-order valence-electron chi connectivity index (χ0n) is 12.8. The van der Waals surface area contributed by atoms with Crippen molar-refractivity contribution in [1.82, 2.24) is 19.5 Å². The summed E-state index contributed by atoms with van der Waals surface area (Å²) in [6.07, 6.45) is 10.5. The number of ether oxygens (including phenoxy) is 1. The highest BCUT2D eigenvalue weighted by atomic mass is 32.1. The summed E-state index contributed by atoms with van der Waals surface area (Å²) in [7, 11) is 0. The van der Waals surface area contributed by atoms with E-state index in [4.69, 9.17) is 4.74 Å². The highest BCUT2D eigenvalue weighted by molar-refractivity contribution is 7.18. The lowest BCUT2D eigenvalue weighted by Crippen LogP contribution is -1.93. The van der Waals surface area contributed by atoms with Gasteiger partial charge in [-0.2, -0.15) is 0 Å². The van der Waals surface area contributed by atoms with E-state index in [0.717, 1.165) is 34.5 Å². The van der Waals surface area contributed by atoms with Gasteiger partial charge < -0.3 is 9.30 Å². The lowest BCUT2D eigenvalue weighted by atomic mass is 10.2. The predicted molar refractivity (Wildman–Crippen MR) is 93.1 cm³/mol. The number of benzene rings is 1. The molecule has 5 nitrogen and oxygen atoms in total. The van der Waals surface area contributed by atoms with Crippen molar-refractivity contribution in [2.75, 3.05) is 0 Å². The fourth-order valence-electron chi connectivity index (χ4n) is 3.19. The maximum Gasteiger partial charge on any atom is 0.231 e. The van der Waals surface area contributed by atoms with Crippen molar-refractivity contribution in [2.45, 2.75) is 19.3 Å². The molecule has 3 aromatic heterocycles. The minimum Gasteiger partial charge on any atom is -0.438 e. The molecule has 1 aromatic carbocycles. The molecule has 0 N–H and O–H groups in total. The predicted octanol–water partition coefficient (Wildman–Crippen LogP) is 4.16. The van der Waals surface area contributed by atoms with E-state index in [-0.39, 0.29) is 0 Å². The Morgan fingerprint density at radius 1 is 1.08 bits per heavy atom. The van der Waals surface area contributed by atoms with Crippen LogP contribution in [-0.4, -0.2) is 19.5 Å². The summed E-state index contributed by atoms with van der Waals surface area (Å²) in [5, 5.41) is 1.09. The molecule has 0 atom stereocenters. The smallest absolute Gasteiger partial charge is 0.231 e. The van der Waals surface area contributed by atoms with Crippen LogP contribution in [0.25, 0.3) is 15.9 Å². The number of hydrogen-bond donors (Lipinski definition) is 0. The quantitative estimate of drug-likeness (QED) is 0.564. The minimum atomic E-state index is 0.662. The van der Waals surface area contributed by atoms with Crippen LogP contribution in [0.3, 0.4) is 0 Å². The molecule has 0 fully saturated rings. The third kappa shape index (κ3) is 2.18. The van der Waals surface area contributed by atoms with Gasteiger partial charge in [-0.15, -0.1) is 11.3 Å². The van der Waals surface area contributed by atoms with Gasteiger partial charge in [0, 0.05) is 23.0 Å². The summed E-state index contributed by atoms with van der Waals surface area (Å²) in [4.78, 5) is 15.3. The zero-order valence-corrected chi connectivity index (χ0v) is 13.7. The molecule has 0 amide bonds. The van der Waals surface area contributed by atoms with Crippen molar-refractivity contribution in [3.8, 4) is 17.3 Å². The molecule has 0 radical (unpaired) electrons. The second-order valence-electron chi connectivity index (χ2n) is 5.78. The second kappa shape index (κ2) is 5.42. The number of hydrogen-bond acceptors (Lipinski definition) is 5. The minimum absolute atomic E-state index is 0.662. The first kappa shape index (κ1) is 13.7. The normalized spacial score (nSPS) is 13.3. The van der Waals surface area contributed by atoms with Crippen LogP contribution in [0.2, 0.25) is 0 Å². The van der Waals surface area contributed by atoms with Crippen molar-refractivity contribution in [3.63, 3.8) is 0 Å². The van der Waals surface area contributed by atoms with Crippen LogP contribution in [0.15, 0.2) is 49.3 Å². The molecule has 1 aliphatic carbocycles. The van der Waals surface area contributed by atoms with Crippen molar-refractivity contribution in [1.29, 1.82) is 0 Å². The van der Waals surface area contributed by atoms with Crippen LogP contribution in [0.5, 0.6) is 11.6 Å². The van der Waals surface area contributed by atoms with Gasteiger partial charge in [0.1, 0.15) is 16.9 Å². The molecule has 3 heterocycles. The van der Waals surface area contributed by atoms with E-state index in [1.807, 2.05) is 35.0 Å².